The number of methoxy groups -OCH3 is 1. The van der Waals surface area contributed by atoms with E-state index in [1.807, 2.05) is 12.1 Å². The zero-order chi connectivity index (χ0) is 23.3. The fourth-order valence-electron chi connectivity index (χ4n) is 5.10. The van der Waals surface area contributed by atoms with Crippen LogP contribution in [0.15, 0.2) is 54.7 Å². The number of likely N-dealkylation sites (tertiary alicyclic amines) is 1. The zero-order valence-electron chi connectivity index (χ0n) is 19.8. The van der Waals surface area contributed by atoms with E-state index in [4.69, 9.17) is 9.47 Å². The van der Waals surface area contributed by atoms with Crippen LogP contribution in [-0.4, -0.2) is 41.9 Å². The van der Waals surface area contributed by atoms with E-state index in [-0.39, 0.29) is 0 Å². The molecule has 2 aromatic carbocycles. The van der Waals surface area contributed by atoms with Crippen molar-refractivity contribution >= 4 is 22.6 Å². The predicted molar refractivity (Wildman–Crippen MR) is 142 cm³/mol. The van der Waals surface area contributed by atoms with E-state index in [0.717, 1.165) is 29.8 Å². The highest BCUT2D eigenvalue weighted by atomic mass is 127. The molecule has 0 radical (unpaired) electrons. The van der Waals surface area contributed by atoms with Crippen molar-refractivity contribution in [2.45, 2.75) is 44.6 Å². The van der Waals surface area contributed by atoms with Crippen LogP contribution in [0.2, 0.25) is 0 Å². The summed E-state index contributed by atoms with van der Waals surface area (Å²) in [5.41, 5.74) is 5.12. The van der Waals surface area contributed by atoms with Crippen molar-refractivity contribution in [2.24, 2.45) is 5.92 Å². The number of rotatable bonds is 9. The maximum absolute atomic E-state index is 6.03. The summed E-state index contributed by atoms with van der Waals surface area (Å²) in [7, 11) is 1.71. The molecule has 178 valence electrons. The molecule has 2 aliphatic rings. The molecule has 1 saturated heterocycles. The summed E-state index contributed by atoms with van der Waals surface area (Å²) in [4.78, 5) is 2.56. The van der Waals surface area contributed by atoms with Crippen LogP contribution >= 0.6 is 22.6 Å². The summed E-state index contributed by atoms with van der Waals surface area (Å²) in [6.07, 6.45) is 7.60. The first-order valence-electron chi connectivity index (χ1n) is 12.2. The minimum Gasteiger partial charge on any atom is -0.496 e. The van der Waals surface area contributed by atoms with Crippen LogP contribution < -0.4 is 9.47 Å². The molecule has 6 heteroatoms. The van der Waals surface area contributed by atoms with Crippen LogP contribution in [0.1, 0.15) is 53.9 Å². The average molecular weight is 569 g/mol. The van der Waals surface area contributed by atoms with Gasteiger partial charge in [0.25, 0.3) is 0 Å². The van der Waals surface area contributed by atoms with Crippen molar-refractivity contribution in [1.82, 2.24) is 15.1 Å². The Hall–Kier alpha value is -2.19. The van der Waals surface area contributed by atoms with Gasteiger partial charge in [0.1, 0.15) is 5.75 Å². The van der Waals surface area contributed by atoms with Crippen LogP contribution in [0.25, 0.3) is 0 Å². The number of benzene rings is 2. The minimum atomic E-state index is 0.579. The second-order valence-corrected chi connectivity index (χ2v) is 10.9. The van der Waals surface area contributed by atoms with Gasteiger partial charge in [-0.25, -0.2) is 0 Å². The summed E-state index contributed by atoms with van der Waals surface area (Å²) < 4.78 is 12.7. The fraction of sp³-hybridized carbons (Fsp3) is 0.429. The highest BCUT2D eigenvalue weighted by molar-refractivity contribution is 14.1. The van der Waals surface area contributed by atoms with E-state index >= 15 is 0 Å². The Kier molecular flexibility index (Phi) is 7.64. The molecule has 1 aliphatic carbocycles. The van der Waals surface area contributed by atoms with Crippen LogP contribution in [0.3, 0.4) is 0 Å². The normalized spacial score (nSPS) is 20.2. The number of hydrogen-bond donors (Lipinski definition) is 0. The number of ether oxygens (including phenoxy) is 2. The first kappa shape index (κ1) is 23.5. The SMILES string of the molecule is COc1ccc(I)cc1Cc1cnnc(OC[C@H]2C[C@@H](c3ccc(CN4CCCC4)cc3)C2)c1. The van der Waals surface area contributed by atoms with Crippen molar-refractivity contribution in [3.05, 3.63) is 80.6 Å². The van der Waals surface area contributed by atoms with E-state index < -0.39 is 0 Å². The number of nitrogens with zero attached hydrogens (tertiary/aromatic N) is 3. The third-order valence-corrected chi connectivity index (χ3v) is 7.76. The Morgan fingerprint density at radius 1 is 1.00 bits per heavy atom. The molecular weight excluding hydrogens is 537 g/mol. The Balaban J connectivity index is 1.10. The molecule has 5 rings (SSSR count). The molecule has 3 aromatic rings. The van der Waals surface area contributed by atoms with Gasteiger partial charge in [-0.2, -0.15) is 5.10 Å². The molecule has 5 nitrogen and oxygen atoms in total. The molecule has 1 aromatic heterocycles. The standard InChI is InChI=1S/C28H32IN3O2/c1-33-27-9-8-26(29)16-25(27)12-21-15-28(31-30-17-21)34-19-22-13-24(14-22)23-6-4-20(5-7-23)18-32-10-2-3-11-32/h4-9,15-17,22,24H,2-3,10-14,18-19H2,1H3/t22-,24+. The summed E-state index contributed by atoms with van der Waals surface area (Å²) in [6.45, 7) is 4.30. The summed E-state index contributed by atoms with van der Waals surface area (Å²) in [5, 5.41) is 8.36. The van der Waals surface area contributed by atoms with Gasteiger partial charge in [0.2, 0.25) is 5.88 Å². The summed E-state index contributed by atoms with van der Waals surface area (Å²) in [5.74, 6) is 2.73. The molecular formula is C28H32IN3O2. The first-order chi connectivity index (χ1) is 16.7. The zero-order valence-corrected chi connectivity index (χ0v) is 21.9. The molecule has 0 N–H and O–H groups in total. The lowest BCUT2D eigenvalue weighted by Gasteiger charge is -2.35. The highest BCUT2D eigenvalue weighted by Gasteiger charge is 2.31. The van der Waals surface area contributed by atoms with Gasteiger partial charge in [-0.1, -0.05) is 24.3 Å². The van der Waals surface area contributed by atoms with Gasteiger partial charge >= 0.3 is 0 Å². The van der Waals surface area contributed by atoms with Crippen LogP contribution in [0.5, 0.6) is 11.6 Å². The third-order valence-electron chi connectivity index (χ3n) is 7.08. The second kappa shape index (κ2) is 11.0. The van der Waals surface area contributed by atoms with Gasteiger partial charge in [0.15, 0.2) is 0 Å². The maximum Gasteiger partial charge on any atom is 0.233 e. The molecule has 0 bridgehead atoms. The monoisotopic (exact) mass is 569 g/mol. The largest absolute Gasteiger partial charge is 0.496 e. The van der Waals surface area contributed by atoms with E-state index in [0.29, 0.717) is 24.3 Å². The third kappa shape index (κ3) is 5.89. The molecule has 1 aliphatic heterocycles. The van der Waals surface area contributed by atoms with E-state index in [2.05, 4.69) is 74.1 Å². The number of halogens is 1. The molecule has 2 fully saturated rings. The molecule has 0 unspecified atom stereocenters. The average Bonchev–Trinajstić information content (AvgIpc) is 3.33. The van der Waals surface area contributed by atoms with E-state index in [9.17, 15) is 0 Å². The van der Waals surface area contributed by atoms with Gasteiger partial charge in [-0.05, 0) is 114 Å². The molecule has 34 heavy (non-hydrogen) atoms. The maximum atomic E-state index is 6.03. The van der Waals surface area contributed by atoms with Crippen LogP contribution in [0.4, 0.5) is 0 Å². The molecule has 0 amide bonds. The minimum absolute atomic E-state index is 0.579. The van der Waals surface area contributed by atoms with Gasteiger partial charge in [-0.15, -0.1) is 5.10 Å². The second-order valence-electron chi connectivity index (χ2n) is 9.61. The van der Waals surface area contributed by atoms with E-state index in [1.165, 1.54) is 53.5 Å². The molecule has 1 saturated carbocycles. The summed E-state index contributed by atoms with van der Waals surface area (Å²) >= 11 is 2.33. The lowest BCUT2D eigenvalue weighted by molar-refractivity contribution is 0.153. The van der Waals surface area contributed by atoms with Crippen molar-refractivity contribution in [1.29, 1.82) is 0 Å². The lowest BCUT2D eigenvalue weighted by Crippen LogP contribution is -2.27. The van der Waals surface area contributed by atoms with E-state index in [1.54, 1.807) is 13.3 Å². The van der Waals surface area contributed by atoms with Crippen molar-refractivity contribution in [2.75, 3.05) is 26.8 Å². The highest BCUT2D eigenvalue weighted by Crippen LogP contribution is 2.41. The van der Waals surface area contributed by atoms with Crippen molar-refractivity contribution < 1.29 is 9.47 Å². The van der Waals surface area contributed by atoms with Gasteiger partial charge in [-0.3, -0.25) is 4.90 Å². The molecule has 2 heterocycles. The topological polar surface area (TPSA) is 47.5 Å². The smallest absolute Gasteiger partial charge is 0.233 e. The number of hydrogen-bond acceptors (Lipinski definition) is 5. The summed E-state index contributed by atoms with van der Waals surface area (Å²) in [6, 6.07) is 17.5. The quantitative estimate of drug-likeness (QED) is 0.303. The predicted octanol–water partition coefficient (Wildman–Crippen LogP) is 5.85. The number of aromatic nitrogens is 2. The fourth-order valence-corrected chi connectivity index (χ4v) is 5.65. The van der Waals surface area contributed by atoms with Crippen LogP contribution in [0, 0.1) is 9.49 Å². The molecule has 0 atom stereocenters. The Morgan fingerprint density at radius 3 is 2.56 bits per heavy atom. The van der Waals surface area contributed by atoms with Gasteiger partial charge in [0.05, 0.1) is 19.9 Å². The van der Waals surface area contributed by atoms with Gasteiger partial charge < -0.3 is 9.47 Å². The Bertz CT molecular complexity index is 1090. The van der Waals surface area contributed by atoms with Crippen molar-refractivity contribution in [3.63, 3.8) is 0 Å². The Morgan fingerprint density at radius 2 is 1.79 bits per heavy atom. The first-order valence-corrected chi connectivity index (χ1v) is 13.3. The Labute approximate surface area is 216 Å². The van der Waals surface area contributed by atoms with Gasteiger partial charge in [0, 0.05) is 22.6 Å². The lowest BCUT2D eigenvalue weighted by atomic mass is 9.72. The van der Waals surface area contributed by atoms with Crippen LogP contribution in [-0.2, 0) is 13.0 Å². The molecule has 0 spiro atoms. The van der Waals surface area contributed by atoms with Crippen molar-refractivity contribution in [3.8, 4) is 11.6 Å².